The summed E-state index contributed by atoms with van der Waals surface area (Å²) >= 11 is 0. The van der Waals surface area contributed by atoms with Gasteiger partial charge < -0.3 is 9.88 Å². The Morgan fingerprint density at radius 1 is 1.26 bits per heavy atom. The van der Waals surface area contributed by atoms with Gasteiger partial charge in [0.25, 0.3) is 5.56 Å². The lowest BCUT2D eigenvalue weighted by Crippen LogP contribution is -2.33. The Hall–Kier alpha value is -2.96. The van der Waals surface area contributed by atoms with Gasteiger partial charge in [-0.15, -0.1) is 0 Å². The smallest absolute Gasteiger partial charge is 0.269 e. The van der Waals surface area contributed by atoms with Gasteiger partial charge in [0.1, 0.15) is 6.54 Å². The van der Waals surface area contributed by atoms with Crippen molar-refractivity contribution in [3.05, 3.63) is 59.5 Å². The maximum absolute atomic E-state index is 12.1. The fourth-order valence-corrected chi connectivity index (χ4v) is 2.39. The normalized spacial score (nSPS) is 10.8. The van der Waals surface area contributed by atoms with Gasteiger partial charge in [-0.1, -0.05) is 12.1 Å². The summed E-state index contributed by atoms with van der Waals surface area (Å²) in [6.45, 7) is 1.33. The van der Waals surface area contributed by atoms with Crippen LogP contribution in [0.4, 0.5) is 0 Å². The third-order valence-electron chi connectivity index (χ3n) is 3.53. The number of aromatic nitrogens is 4. The van der Waals surface area contributed by atoms with Crippen LogP contribution in [0.5, 0.6) is 0 Å². The fraction of sp³-hybridized carbons (Fsp3) is 0.250. The molecule has 3 rings (SSSR count). The molecule has 0 aliphatic carbocycles. The van der Waals surface area contributed by atoms with E-state index in [1.165, 1.54) is 10.8 Å². The van der Waals surface area contributed by atoms with Gasteiger partial charge in [0.15, 0.2) is 0 Å². The molecule has 0 bridgehead atoms. The minimum atomic E-state index is -0.280. The molecule has 0 spiro atoms. The number of hydrogen-bond donors (Lipinski definition) is 1. The first kappa shape index (κ1) is 15.0. The Bertz CT molecular complexity index is 854. The highest BCUT2D eigenvalue weighted by molar-refractivity contribution is 5.79. The lowest BCUT2D eigenvalue weighted by atomic mass is 10.3. The van der Waals surface area contributed by atoms with Gasteiger partial charge in [-0.05, 0) is 18.6 Å². The number of rotatable bonds is 6. The number of aryl methyl sites for hydroxylation is 1. The molecule has 1 amide bonds. The Morgan fingerprint density at radius 2 is 2.13 bits per heavy atom. The zero-order valence-corrected chi connectivity index (χ0v) is 12.6. The van der Waals surface area contributed by atoms with E-state index in [1.807, 2.05) is 29.0 Å². The van der Waals surface area contributed by atoms with E-state index in [1.54, 1.807) is 18.6 Å². The third kappa shape index (κ3) is 3.63. The number of hydrogen-bond acceptors (Lipinski definition) is 4. The minimum absolute atomic E-state index is 0.00700. The average molecular weight is 311 g/mol. The van der Waals surface area contributed by atoms with Crippen LogP contribution in [0, 0.1) is 0 Å². The summed E-state index contributed by atoms with van der Waals surface area (Å²) in [5, 5.41) is 2.83. The lowest BCUT2D eigenvalue weighted by molar-refractivity contribution is -0.121. The van der Waals surface area contributed by atoms with Crippen LogP contribution in [0.15, 0.2) is 54.0 Å². The van der Waals surface area contributed by atoms with Crippen LogP contribution < -0.4 is 10.9 Å². The summed E-state index contributed by atoms with van der Waals surface area (Å²) in [7, 11) is 0. The number of amides is 1. The lowest BCUT2D eigenvalue weighted by Gasteiger charge is -2.10. The van der Waals surface area contributed by atoms with Gasteiger partial charge >= 0.3 is 0 Å². The van der Waals surface area contributed by atoms with E-state index in [9.17, 15) is 9.59 Å². The summed E-state index contributed by atoms with van der Waals surface area (Å²) in [6.07, 6.45) is 7.39. The predicted molar refractivity (Wildman–Crippen MR) is 85.9 cm³/mol. The van der Waals surface area contributed by atoms with E-state index in [0.717, 1.165) is 13.0 Å². The SMILES string of the molecule is O=C(Cn1c(=O)cnc2ccccc21)NCCCn1ccnc1. The molecule has 118 valence electrons. The molecule has 1 aromatic carbocycles. The average Bonchev–Trinajstić information content (AvgIpc) is 3.08. The van der Waals surface area contributed by atoms with Crippen LogP contribution in [0.1, 0.15) is 6.42 Å². The van der Waals surface area contributed by atoms with Crippen LogP contribution in [0.25, 0.3) is 11.0 Å². The summed E-state index contributed by atoms with van der Waals surface area (Å²) in [6, 6.07) is 7.27. The third-order valence-corrected chi connectivity index (χ3v) is 3.53. The molecule has 2 aromatic heterocycles. The highest BCUT2D eigenvalue weighted by atomic mass is 16.2. The van der Waals surface area contributed by atoms with Crippen LogP contribution in [0.3, 0.4) is 0 Å². The molecule has 2 heterocycles. The van der Waals surface area contributed by atoms with Crippen molar-refractivity contribution in [2.45, 2.75) is 19.5 Å². The molecule has 7 heteroatoms. The van der Waals surface area contributed by atoms with Crippen molar-refractivity contribution in [2.75, 3.05) is 6.54 Å². The second kappa shape index (κ2) is 6.87. The van der Waals surface area contributed by atoms with E-state index >= 15 is 0 Å². The molecular formula is C16H17N5O2. The topological polar surface area (TPSA) is 81.8 Å². The Balaban J connectivity index is 1.59. The number of nitrogens with one attached hydrogen (secondary N) is 1. The van der Waals surface area contributed by atoms with Crippen molar-refractivity contribution in [3.63, 3.8) is 0 Å². The number of fused-ring (bicyclic) bond motifs is 1. The van der Waals surface area contributed by atoms with E-state index in [0.29, 0.717) is 17.6 Å². The van der Waals surface area contributed by atoms with Crippen LogP contribution >= 0.6 is 0 Å². The summed E-state index contributed by atoms with van der Waals surface area (Å²) in [4.78, 5) is 32.1. The van der Waals surface area contributed by atoms with E-state index in [2.05, 4.69) is 15.3 Å². The van der Waals surface area contributed by atoms with Gasteiger partial charge in [0.2, 0.25) is 5.91 Å². The monoisotopic (exact) mass is 311 g/mol. The summed E-state index contributed by atoms with van der Waals surface area (Å²) in [5.41, 5.74) is 1.07. The quantitative estimate of drug-likeness (QED) is 0.683. The molecule has 0 saturated carbocycles. The molecule has 0 aliphatic heterocycles. The highest BCUT2D eigenvalue weighted by Gasteiger charge is 2.08. The molecule has 23 heavy (non-hydrogen) atoms. The number of nitrogens with zero attached hydrogens (tertiary/aromatic N) is 4. The van der Waals surface area contributed by atoms with Crippen molar-refractivity contribution in [1.82, 2.24) is 24.4 Å². The summed E-state index contributed by atoms with van der Waals surface area (Å²) < 4.78 is 3.39. The predicted octanol–water partition coefficient (Wildman–Crippen LogP) is 0.799. The fourth-order valence-electron chi connectivity index (χ4n) is 2.39. The van der Waals surface area contributed by atoms with Crippen LogP contribution in [-0.2, 0) is 17.9 Å². The second-order valence-electron chi connectivity index (χ2n) is 5.18. The summed E-state index contributed by atoms with van der Waals surface area (Å²) in [5.74, 6) is -0.186. The van der Waals surface area contributed by atoms with Crippen molar-refractivity contribution in [2.24, 2.45) is 0 Å². The largest absolute Gasteiger partial charge is 0.354 e. The van der Waals surface area contributed by atoms with E-state index in [4.69, 9.17) is 0 Å². The van der Waals surface area contributed by atoms with E-state index < -0.39 is 0 Å². The van der Waals surface area contributed by atoms with Gasteiger partial charge in [-0.2, -0.15) is 0 Å². The molecule has 0 fully saturated rings. The second-order valence-corrected chi connectivity index (χ2v) is 5.18. The molecule has 0 saturated heterocycles. The minimum Gasteiger partial charge on any atom is -0.354 e. The van der Waals surface area contributed by atoms with Crippen molar-refractivity contribution in [3.8, 4) is 0 Å². The molecular weight excluding hydrogens is 294 g/mol. The zero-order valence-electron chi connectivity index (χ0n) is 12.6. The molecule has 0 radical (unpaired) electrons. The Morgan fingerprint density at radius 3 is 2.96 bits per heavy atom. The van der Waals surface area contributed by atoms with Crippen molar-refractivity contribution < 1.29 is 4.79 Å². The van der Waals surface area contributed by atoms with Crippen molar-refractivity contribution in [1.29, 1.82) is 0 Å². The number of imidazole rings is 1. The van der Waals surface area contributed by atoms with Gasteiger partial charge in [0.05, 0.1) is 23.6 Å². The van der Waals surface area contributed by atoms with Crippen LogP contribution in [0.2, 0.25) is 0 Å². The maximum atomic E-state index is 12.1. The number of para-hydroxylation sites is 2. The van der Waals surface area contributed by atoms with Gasteiger partial charge in [-0.25, -0.2) is 9.97 Å². The van der Waals surface area contributed by atoms with Crippen molar-refractivity contribution >= 4 is 16.9 Å². The maximum Gasteiger partial charge on any atom is 0.269 e. The molecule has 0 atom stereocenters. The zero-order chi connectivity index (χ0) is 16.1. The van der Waals surface area contributed by atoms with Gasteiger partial charge in [-0.3, -0.25) is 14.2 Å². The Kier molecular flexibility index (Phi) is 4.46. The molecule has 3 aromatic rings. The first-order chi connectivity index (χ1) is 11.2. The number of carbonyl (C=O) groups is 1. The standard InChI is InChI=1S/C16H17N5O2/c22-15(18-6-3-8-20-9-7-17-12-20)11-21-14-5-2-1-4-13(14)19-10-16(21)23/h1-2,4-5,7,9-10,12H,3,6,8,11H2,(H,18,22). The van der Waals surface area contributed by atoms with E-state index in [-0.39, 0.29) is 18.0 Å². The first-order valence-corrected chi connectivity index (χ1v) is 7.41. The van der Waals surface area contributed by atoms with Gasteiger partial charge in [0, 0.05) is 25.5 Å². The van der Waals surface area contributed by atoms with Crippen LogP contribution in [-0.4, -0.2) is 31.6 Å². The Labute approximate surface area is 132 Å². The molecule has 1 N–H and O–H groups in total. The molecule has 0 aliphatic rings. The molecule has 0 unspecified atom stereocenters. The number of carbonyl (C=O) groups excluding carboxylic acids is 1. The molecule has 7 nitrogen and oxygen atoms in total. The number of benzene rings is 1. The first-order valence-electron chi connectivity index (χ1n) is 7.41. The highest BCUT2D eigenvalue weighted by Crippen LogP contribution is 2.07.